The fraction of sp³-hybridized carbons (Fsp3) is 0. The second-order valence-corrected chi connectivity index (χ2v) is 2.37. The molecular weight excluding hydrogens is 182 g/mol. The Bertz CT molecular complexity index is 316. The first-order valence-electron chi connectivity index (χ1n) is 2.98. The lowest BCUT2D eigenvalue weighted by molar-refractivity contribution is -0.254. The van der Waals surface area contributed by atoms with Crippen molar-refractivity contribution in [1.82, 2.24) is 4.98 Å². The van der Waals surface area contributed by atoms with Crippen LogP contribution in [0, 0.1) is 0 Å². The monoisotopic (exact) mass is 186 g/mol. The number of carboxylic acid groups (broad SMARTS) is 1. The van der Waals surface area contributed by atoms with E-state index in [1.54, 1.807) is 0 Å². The third-order valence-electron chi connectivity index (χ3n) is 1.25. The minimum absolute atomic E-state index is 0.123. The lowest BCUT2D eigenvalue weighted by Crippen LogP contribution is -2.25. The van der Waals surface area contributed by atoms with Crippen molar-refractivity contribution in [3.8, 4) is 0 Å². The molecule has 1 aromatic heterocycles. The Morgan fingerprint density at radius 3 is 2.92 bits per heavy atom. The van der Waals surface area contributed by atoms with Gasteiger partial charge in [0.25, 0.3) is 0 Å². The zero-order chi connectivity index (χ0) is 9.14. The van der Waals surface area contributed by atoms with E-state index in [0.717, 1.165) is 6.20 Å². The van der Waals surface area contributed by atoms with Crippen LogP contribution in [0.3, 0.4) is 0 Å². The number of carboxylic acids is 1. The van der Waals surface area contributed by atoms with Gasteiger partial charge in [-0.3, -0.25) is 5.84 Å². The van der Waals surface area contributed by atoms with Gasteiger partial charge in [0.15, 0.2) is 0 Å². The van der Waals surface area contributed by atoms with E-state index in [1.807, 2.05) is 0 Å². The Hall–Kier alpha value is -1.33. The molecule has 0 unspecified atom stereocenters. The van der Waals surface area contributed by atoms with Gasteiger partial charge in [-0.1, -0.05) is 11.6 Å². The zero-order valence-corrected chi connectivity index (χ0v) is 6.63. The molecule has 0 saturated heterocycles. The number of nitrogen functional groups attached to an aromatic ring is 1. The quantitative estimate of drug-likeness (QED) is 0.365. The molecule has 5 nitrogen and oxygen atoms in total. The van der Waals surface area contributed by atoms with Crippen molar-refractivity contribution >= 4 is 23.3 Å². The van der Waals surface area contributed by atoms with Gasteiger partial charge in [0, 0.05) is 17.8 Å². The molecule has 0 fully saturated rings. The number of hydrogen-bond donors (Lipinski definition) is 2. The number of nitrogens with one attached hydrogen (secondary N) is 1. The summed E-state index contributed by atoms with van der Waals surface area (Å²) in [6, 6.07) is 1.30. The SMILES string of the molecule is NNc1cc(Cl)ncc1C(=O)[O-]. The fourth-order valence-corrected chi connectivity index (χ4v) is 0.870. The number of carbonyl (C=O) groups is 1. The average molecular weight is 187 g/mol. The average Bonchev–Trinajstić information content (AvgIpc) is 2.03. The van der Waals surface area contributed by atoms with E-state index in [1.165, 1.54) is 6.07 Å². The molecule has 0 radical (unpaired) electrons. The highest BCUT2D eigenvalue weighted by Crippen LogP contribution is 2.16. The number of rotatable bonds is 2. The summed E-state index contributed by atoms with van der Waals surface area (Å²) < 4.78 is 0. The summed E-state index contributed by atoms with van der Waals surface area (Å²) in [5, 5.41) is 10.6. The van der Waals surface area contributed by atoms with Gasteiger partial charge in [0.2, 0.25) is 0 Å². The molecule has 1 aromatic rings. The largest absolute Gasteiger partial charge is 0.545 e. The second-order valence-electron chi connectivity index (χ2n) is 1.98. The van der Waals surface area contributed by atoms with Crippen LogP contribution in [0.25, 0.3) is 0 Å². The minimum Gasteiger partial charge on any atom is -0.545 e. The first kappa shape index (κ1) is 8.76. The number of carbonyl (C=O) groups excluding carboxylic acids is 1. The summed E-state index contributed by atoms with van der Waals surface area (Å²) in [5.74, 6) is 3.68. The van der Waals surface area contributed by atoms with Crippen LogP contribution in [-0.4, -0.2) is 11.0 Å². The molecule has 0 aliphatic rings. The van der Waals surface area contributed by atoms with Crippen LogP contribution in [0.4, 0.5) is 5.69 Å². The zero-order valence-electron chi connectivity index (χ0n) is 5.87. The predicted octanol–water partition coefficient (Wildman–Crippen LogP) is -0.616. The molecule has 0 aliphatic carbocycles. The Balaban J connectivity index is 3.20. The maximum atomic E-state index is 10.4. The third kappa shape index (κ3) is 1.63. The Kier molecular flexibility index (Phi) is 2.47. The number of hydrazine groups is 1. The van der Waals surface area contributed by atoms with Gasteiger partial charge in [-0.15, -0.1) is 0 Å². The highest BCUT2D eigenvalue weighted by molar-refractivity contribution is 6.29. The summed E-state index contributed by atoms with van der Waals surface area (Å²) in [6.07, 6.45) is 1.08. The summed E-state index contributed by atoms with van der Waals surface area (Å²) >= 11 is 5.48. The number of anilines is 1. The number of aromatic nitrogens is 1. The van der Waals surface area contributed by atoms with Crippen molar-refractivity contribution in [1.29, 1.82) is 0 Å². The van der Waals surface area contributed by atoms with Gasteiger partial charge in [-0.25, -0.2) is 4.98 Å². The van der Waals surface area contributed by atoms with E-state index in [0.29, 0.717) is 0 Å². The molecule has 0 saturated carbocycles. The summed E-state index contributed by atoms with van der Waals surface area (Å²) in [5.41, 5.74) is 2.23. The molecule has 0 atom stereocenters. The number of aromatic carboxylic acids is 1. The van der Waals surface area contributed by atoms with Crippen LogP contribution in [0.5, 0.6) is 0 Å². The molecule has 0 spiro atoms. The summed E-state index contributed by atoms with van der Waals surface area (Å²) in [4.78, 5) is 14.0. The van der Waals surface area contributed by atoms with E-state index in [4.69, 9.17) is 17.4 Å². The molecule has 0 amide bonds. The van der Waals surface area contributed by atoms with Crippen molar-refractivity contribution in [2.75, 3.05) is 5.43 Å². The molecular formula is C6H5ClN3O2-. The van der Waals surface area contributed by atoms with Crippen molar-refractivity contribution in [2.24, 2.45) is 5.84 Å². The van der Waals surface area contributed by atoms with Crippen molar-refractivity contribution < 1.29 is 9.90 Å². The minimum atomic E-state index is -1.35. The van der Waals surface area contributed by atoms with E-state index in [-0.39, 0.29) is 16.4 Å². The van der Waals surface area contributed by atoms with Crippen molar-refractivity contribution in [3.63, 3.8) is 0 Å². The van der Waals surface area contributed by atoms with E-state index in [2.05, 4.69) is 10.4 Å². The first-order chi connectivity index (χ1) is 5.65. The summed E-state index contributed by atoms with van der Waals surface area (Å²) in [6.45, 7) is 0. The summed E-state index contributed by atoms with van der Waals surface area (Å²) in [7, 11) is 0. The van der Waals surface area contributed by atoms with E-state index < -0.39 is 5.97 Å². The molecule has 0 aromatic carbocycles. The van der Waals surface area contributed by atoms with Crippen LogP contribution in [0.1, 0.15) is 10.4 Å². The Morgan fingerprint density at radius 1 is 1.75 bits per heavy atom. The molecule has 0 aliphatic heterocycles. The Labute approximate surface area is 73.1 Å². The van der Waals surface area contributed by atoms with E-state index >= 15 is 0 Å². The lowest BCUT2D eigenvalue weighted by Gasteiger charge is -2.08. The number of pyridine rings is 1. The number of nitrogens with two attached hydrogens (primary N) is 1. The fourth-order valence-electron chi connectivity index (χ4n) is 0.712. The highest BCUT2D eigenvalue weighted by atomic mass is 35.5. The second kappa shape index (κ2) is 3.38. The normalized spacial score (nSPS) is 9.50. The van der Waals surface area contributed by atoms with Crippen LogP contribution in [0.15, 0.2) is 12.3 Å². The molecule has 1 heterocycles. The number of halogens is 1. The molecule has 12 heavy (non-hydrogen) atoms. The molecule has 3 N–H and O–H groups in total. The highest BCUT2D eigenvalue weighted by Gasteiger charge is 2.02. The smallest absolute Gasteiger partial charge is 0.131 e. The van der Waals surface area contributed by atoms with Gasteiger partial charge < -0.3 is 15.3 Å². The molecule has 1 rings (SSSR count). The standard InChI is InChI=1S/C6H6ClN3O2/c7-5-1-4(10-8)3(2-9-5)6(11)12/h1-2H,8H2,(H,9,10)(H,11,12)/p-1. The lowest BCUT2D eigenvalue weighted by atomic mass is 10.2. The van der Waals surface area contributed by atoms with Crippen molar-refractivity contribution in [3.05, 3.63) is 23.0 Å². The van der Waals surface area contributed by atoms with Crippen LogP contribution < -0.4 is 16.4 Å². The van der Waals surface area contributed by atoms with Gasteiger partial charge >= 0.3 is 0 Å². The van der Waals surface area contributed by atoms with Crippen LogP contribution >= 0.6 is 11.6 Å². The topological polar surface area (TPSA) is 91.1 Å². The van der Waals surface area contributed by atoms with Crippen LogP contribution in [0.2, 0.25) is 5.15 Å². The van der Waals surface area contributed by atoms with Gasteiger partial charge in [0.05, 0.1) is 11.7 Å². The Morgan fingerprint density at radius 2 is 2.42 bits per heavy atom. The number of hydrogen-bond acceptors (Lipinski definition) is 5. The third-order valence-corrected chi connectivity index (χ3v) is 1.45. The number of nitrogens with zero attached hydrogens (tertiary/aromatic N) is 1. The predicted molar refractivity (Wildman–Crippen MR) is 41.4 cm³/mol. The molecule has 0 bridgehead atoms. The van der Waals surface area contributed by atoms with Gasteiger partial charge in [-0.05, 0) is 0 Å². The molecule has 6 heteroatoms. The van der Waals surface area contributed by atoms with Gasteiger partial charge in [0.1, 0.15) is 5.15 Å². The van der Waals surface area contributed by atoms with E-state index in [9.17, 15) is 9.90 Å². The van der Waals surface area contributed by atoms with Crippen molar-refractivity contribution in [2.45, 2.75) is 0 Å². The maximum Gasteiger partial charge on any atom is 0.131 e. The first-order valence-corrected chi connectivity index (χ1v) is 3.36. The van der Waals surface area contributed by atoms with Crippen LogP contribution in [-0.2, 0) is 0 Å². The molecule has 64 valence electrons. The maximum absolute atomic E-state index is 10.4. The van der Waals surface area contributed by atoms with Gasteiger partial charge in [-0.2, -0.15) is 0 Å².